The van der Waals surface area contributed by atoms with E-state index in [4.69, 9.17) is 0 Å². The first kappa shape index (κ1) is 12.5. The minimum absolute atomic E-state index is 0.0931. The maximum absolute atomic E-state index is 11.2. The monoisotopic (exact) mass is 288 g/mol. The van der Waals surface area contributed by atoms with Crippen LogP contribution in [0.4, 0.5) is 0 Å². The molecule has 0 radical (unpaired) electrons. The molecule has 0 saturated heterocycles. The van der Waals surface area contributed by atoms with Crippen LogP contribution in [0.25, 0.3) is 6.08 Å². The summed E-state index contributed by atoms with van der Waals surface area (Å²) in [6.07, 6.45) is 5.12. The molecule has 0 fully saturated rings. The normalized spacial score (nSPS) is 12.1. The van der Waals surface area contributed by atoms with Gasteiger partial charge >= 0.3 is 0 Å². The lowest BCUT2D eigenvalue weighted by Gasteiger charge is -2.03. The summed E-state index contributed by atoms with van der Waals surface area (Å²) >= 11 is 3.29. The van der Waals surface area contributed by atoms with Gasteiger partial charge in [0.1, 0.15) is 0 Å². The number of allylic oxidation sites excluding steroid dienone is 1. The van der Waals surface area contributed by atoms with Crippen molar-refractivity contribution in [2.24, 2.45) is 0 Å². The van der Waals surface area contributed by atoms with Crippen LogP contribution in [0, 0.1) is 0 Å². The Kier molecular flexibility index (Phi) is 4.54. The van der Waals surface area contributed by atoms with Crippen molar-refractivity contribution in [1.29, 1.82) is 0 Å². The molecule has 0 saturated carbocycles. The molecule has 0 spiro atoms. The van der Waals surface area contributed by atoms with Gasteiger partial charge < -0.3 is 0 Å². The first-order valence-corrected chi connectivity index (χ1v) is 7.69. The molecule has 0 amide bonds. The molecule has 4 heteroatoms. The zero-order valence-corrected chi connectivity index (χ0v) is 10.9. The second-order valence-electron chi connectivity index (χ2n) is 3.33. The van der Waals surface area contributed by atoms with Crippen LogP contribution in [0.1, 0.15) is 11.1 Å². The summed E-state index contributed by atoms with van der Waals surface area (Å²) in [5.74, 6) is 0.0931. The van der Waals surface area contributed by atoms with E-state index in [9.17, 15) is 8.42 Å². The molecule has 0 bridgehead atoms. The predicted molar refractivity (Wildman–Crippen MR) is 67.8 cm³/mol. The molecule has 0 aliphatic rings. The molecule has 0 N–H and O–H groups in total. The van der Waals surface area contributed by atoms with Gasteiger partial charge in [0.2, 0.25) is 0 Å². The van der Waals surface area contributed by atoms with Gasteiger partial charge in [0.05, 0.1) is 5.75 Å². The quantitative estimate of drug-likeness (QED) is 0.799. The Bertz CT molecular complexity index is 449. The first-order chi connectivity index (χ1) is 7.03. The molecule has 0 heterocycles. The van der Waals surface area contributed by atoms with Crippen LogP contribution in [0.15, 0.2) is 30.3 Å². The average Bonchev–Trinajstić information content (AvgIpc) is 2.14. The summed E-state index contributed by atoms with van der Waals surface area (Å²) in [6.45, 7) is 0. The van der Waals surface area contributed by atoms with E-state index in [0.29, 0.717) is 0 Å². The van der Waals surface area contributed by atoms with Gasteiger partial charge in [0.25, 0.3) is 0 Å². The van der Waals surface area contributed by atoms with Crippen LogP contribution in [0.3, 0.4) is 0 Å². The third-order valence-corrected chi connectivity index (χ3v) is 3.07. The smallest absolute Gasteiger partial charge is 0.151 e. The zero-order chi connectivity index (χ0) is 11.3. The molecule has 0 unspecified atom stereocenters. The zero-order valence-electron chi connectivity index (χ0n) is 8.48. The molecule has 82 valence electrons. The number of sulfone groups is 1. The standard InChI is InChI=1S/C11H13BrO2S/c1-15(13,14)9-11-6-3-2-5-10(11)7-4-8-12/h2-7H,8-9H2,1H3. The van der Waals surface area contributed by atoms with E-state index in [0.717, 1.165) is 16.5 Å². The lowest BCUT2D eigenvalue weighted by atomic mass is 10.1. The number of halogens is 1. The topological polar surface area (TPSA) is 34.1 Å². The average molecular weight is 289 g/mol. The summed E-state index contributed by atoms with van der Waals surface area (Å²) in [4.78, 5) is 0. The van der Waals surface area contributed by atoms with E-state index in [1.807, 2.05) is 36.4 Å². The molecule has 1 aromatic rings. The summed E-state index contributed by atoms with van der Waals surface area (Å²) in [5, 5.41) is 0.764. The van der Waals surface area contributed by atoms with Crippen molar-refractivity contribution in [3.8, 4) is 0 Å². The van der Waals surface area contributed by atoms with Gasteiger partial charge in [-0.05, 0) is 11.1 Å². The fraction of sp³-hybridized carbons (Fsp3) is 0.273. The number of alkyl halides is 1. The van der Waals surface area contributed by atoms with Crippen molar-refractivity contribution in [2.75, 3.05) is 11.6 Å². The Hall–Kier alpha value is -0.610. The lowest BCUT2D eigenvalue weighted by Crippen LogP contribution is -2.02. The van der Waals surface area contributed by atoms with Gasteiger partial charge in [0, 0.05) is 11.6 Å². The van der Waals surface area contributed by atoms with Crippen LogP contribution in [-0.4, -0.2) is 20.0 Å². The van der Waals surface area contributed by atoms with Gasteiger partial charge in [-0.2, -0.15) is 0 Å². The van der Waals surface area contributed by atoms with Crippen LogP contribution in [0.5, 0.6) is 0 Å². The van der Waals surface area contributed by atoms with Crippen LogP contribution < -0.4 is 0 Å². The lowest BCUT2D eigenvalue weighted by molar-refractivity contribution is 0.601. The molecule has 0 aliphatic carbocycles. The molecular formula is C11H13BrO2S. The molecule has 1 aromatic carbocycles. The first-order valence-electron chi connectivity index (χ1n) is 4.51. The predicted octanol–water partition coefficient (Wildman–Crippen LogP) is 2.64. The molecule has 2 nitrogen and oxygen atoms in total. The molecule has 0 aromatic heterocycles. The number of hydrogen-bond donors (Lipinski definition) is 0. The molecule has 15 heavy (non-hydrogen) atoms. The maximum atomic E-state index is 11.2. The minimum atomic E-state index is -2.97. The van der Waals surface area contributed by atoms with Gasteiger partial charge in [-0.1, -0.05) is 52.3 Å². The highest BCUT2D eigenvalue weighted by molar-refractivity contribution is 9.09. The van der Waals surface area contributed by atoms with Crippen molar-refractivity contribution in [3.63, 3.8) is 0 Å². The number of benzene rings is 1. The van der Waals surface area contributed by atoms with Crippen molar-refractivity contribution in [2.45, 2.75) is 5.75 Å². The van der Waals surface area contributed by atoms with Crippen molar-refractivity contribution < 1.29 is 8.42 Å². The van der Waals surface area contributed by atoms with Gasteiger partial charge in [-0.15, -0.1) is 0 Å². The maximum Gasteiger partial charge on any atom is 0.151 e. The number of hydrogen-bond acceptors (Lipinski definition) is 2. The highest BCUT2D eigenvalue weighted by Crippen LogP contribution is 2.13. The fourth-order valence-corrected chi connectivity index (χ4v) is 2.30. The Balaban J connectivity index is 3.01. The van der Waals surface area contributed by atoms with E-state index in [1.54, 1.807) is 0 Å². The summed E-state index contributed by atoms with van der Waals surface area (Å²) in [7, 11) is -2.97. The van der Waals surface area contributed by atoms with Gasteiger partial charge in [-0.3, -0.25) is 0 Å². The van der Waals surface area contributed by atoms with Crippen LogP contribution in [-0.2, 0) is 15.6 Å². The molecule has 0 atom stereocenters. The van der Waals surface area contributed by atoms with Crippen molar-refractivity contribution in [3.05, 3.63) is 41.5 Å². The van der Waals surface area contributed by atoms with Crippen LogP contribution in [0.2, 0.25) is 0 Å². The SMILES string of the molecule is CS(=O)(=O)Cc1ccccc1C=CCBr. The Morgan fingerprint density at radius 3 is 2.60 bits per heavy atom. The third-order valence-electron chi connectivity index (χ3n) is 1.86. The van der Waals surface area contributed by atoms with Gasteiger partial charge in [-0.25, -0.2) is 8.42 Å². The summed E-state index contributed by atoms with van der Waals surface area (Å²) in [5.41, 5.74) is 1.81. The van der Waals surface area contributed by atoms with Crippen molar-refractivity contribution >= 4 is 31.8 Å². The number of rotatable bonds is 4. The third kappa shape index (κ3) is 4.62. The highest BCUT2D eigenvalue weighted by atomic mass is 79.9. The van der Waals surface area contributed by atoms with E-state index in [2.05, 4.69) is 15.9 Å². The van der Waals surface area contributed by atoms with E-state index >= 15 is 0 Å². The van der Waals surface area contributed by atoms with E-state index in [1.165, 1.54) is 6.26 Å². The van der Waals surface area contributed by atoms with Crippen LogP contribution >= 0.6 is 15.9 Å². The van der Waals surface area contributed by atoms with E-state index in [-0.39, 0.29) is 5.75 Å². The Morgan fingerprint density at radius 2 is 2.00 bits per heavy atom. The largest absolute Gasteiger partial charge is 0.229 e. The Labute approximate surface area is 99.1 Å². The molecule has 1 rings (SSSR count). The Morgan fingerprint density at radius 1 is 1.33 bits per heavy atom. The summed E-state index contributed by atoms with van der Waals surface area (Å²) in [6, 6.07) is 7.51. The minimum Gasteiger partial charge on any atom is -0.229 e. The summed E-state index contributed by atoms with van der Waals surface area (Å²) < 4.78 is 22.4. The van der Waals surface area contributed by atoms with E-state index < -0.39 is 9.84 Å². The second kappa shape index (κ2) is 5.47. The van der Waals surface area contributed by atoms with Gasteiger partial charge in [0.15, 0.2) is 9.84 Å². The van der Waals surface area contributed by atoms with Crippen molar-refractivity contribution in [1.82, 2.24) is 0 Å². The fourth-order valence-electron chi connectivity index (χ4n) is 1.28. The molecule has 0 aliphatic heterocycles. The molecular weight excluding hydrogens is 276 g/mol. The highest BCUT2D eigenvalue weighted by Gasteiger charge is 2.06. The second-order valence-corrected chi connectivity index (χ2v) is 6.11.